The largest absolute Gasteiger partial charge is 0.494 e. The summed E-state index contributed by atoms with van der Waals surface area (Å²) in [5, 5.41) is 0.835. The summed E-state index contributed by atoms with van der Waals surface area (Å²) in [7, 11) is 4.15. The van der Waals surface area contributed by atoms with Crippen molar-refractivity contribution in [2.75, 3.05) is 33.8 Å². The first-order valence-electron chi connectivity index (χ1n) is 10.5. The van der Waals surface area contributed by atoms with Crippen molar-refractivity contribution in [1.29, 1.82) is 0 Å². The summed E-state index contributed by atoms with van der Waals surface area (Å²) in [5.74, 6) is 0.614. The normalized spacial score (nSPS) is 15.7. The lowest BCUT2D eigenvalue weighted by Crippen LogP contribution is -3.05. The fourth-order valence-electron chi connectivity index (χ4n) is 4.09. The third-order valence-electron chi connectivity index (χ3n) is 5.51. The summed E-state index contributed by atoms with van der Waals surface area (Å²) >= 11 is 6.12. The van der Waals surface area contributed by atoms with Gasteiger partial charge >= 0.3 is 0 Å². The molecule has 4 rings (SSSR count). The van der Waals surface area contributed by atoms with Gasteiger partial charge in [-0.15, -0.1) is 0 Å². The van der Waals surface area contributed by atoms with Crippen molar-refractivity contribution in [2.24, 2.45) is 0 Å². The lowest BCUT2D eigenvalue weighted by atomic mass is 9.98. The first kappa shape index (κ1) is 21.4. The van der Waals surface area contributed by atoms with Crippen LogP contribution in [0.2, 0.25) is 5.02 Å². The van der Waals surface area contributed by atoms with Crippen LogP contribution in [0.15, 0.2) is 51.7 Å². The standard InChI is InChI=1S/C24H25ClN2O4/c1-4-30-17-9-6-15(7-10-17)21-20-22(28)18-14-16(25)8-11-19(18)31-23(20)24(29)27(21)13-5-12-26(2)3/h6-11,14,21H,4-5,12-13H2,1-3H3/p+1. The number of carbonyl (C=O) groups excluding carboxylic acids is 1. The van der Waals surface area contributed by atoms with Crippen molar-refractivity contribution in [3.8, 4) is 5.75 Å². The molecule has 0 aliphatic carbocycles. The zero-order valence-corrected chi connectivity index (χ0v) is 18.7. The molecule has 0 fully saturated rings. The molecule has 0 saturated heterocycles. The van der Waals surface area contributed by atoms with Crippen LogP contribution in [0.3, 0.4) is 0 Å². The van der Waals surface area contributed by atoms with Crippen molar-refractivity contribution < 1.29 is 18.8 Å². The Morgan fingerprint density at radius 1 is 1.13 bits per heavy atom. The summed E-state index contributed by atoms with van der Waals surface area (Å²) in [4.78, 5) is 29.8. The number of amides is 1. The van der Waals surface area contributed by atoms with Crippen LogP contribution in [0.25, 0.3) is 11.0 Å². The van der Waals surface area contributed by atoms with Crippen LogP contribution in [0.5, 0.6) is 5.75 Å². The quantitative estimate of drug-likeness (QED) is 0.612. The van der Waals surface area contributed by atoms with E-state index >= 15 is 0 Å². The molecule has 1 atom stereocenters. The van der Waals surface area contributed by atoms with Gasteiger partial charge in [-0.25, -0.2) is 0 Å². The Morgan fingerprint density at radius 3 is 2.55 bits per heavy atom. The van der Waals surface area contributed by atoms with E-state index in [1.54, 1.807) is 23.1 Å². The summed E-state index contributed by atoms with van der Waals surface area (Å²) in [6, 6.07) is 11.9. The Hall–Kier alpha value is -2.83. The summed E-state index contributed by atoms with van der Waals surface area (Å²) in [6.45, 7) is 3.94. The molecule has 1 aliphatic heterocycles. The Morgan fingerprint density at radius 2 is 1.87 bits per heavy atom. The highest BCUT2D eigenvalue weighted by Crippen LogP contribution is 2.38. The van der Waals surface area contributed by atoms with Gasteiger partial charge in [-0.05, 0) is 42.8 Å². The highest BCUT2D eigenvalue weighted by atomic mass is 35.5. The average molecular weight is 442 g/mol. The van der Waals surface area contributed by atoms with E-state index in [4.69, 9.17) is 20.8 Å². The van der Waals surface area contributed by atoms with E-state index in [0.717, 1.165) is 24.3 Å². The van der Waals surface area contributed by atoms with E-state index in [9.17, 15) is 9.59 Å². The number of hydrogen-bond donors (Lipinski definition) is 1. The van der Waals surface area contributed by atoms with Crippen molar-refractivity contribution in [3.05, 3.63) is 74.6 Å². The topological polar surface area (TPSA) is 64.2 Å². The molecule has 0 bridgehead atoms. The number of quaternary nitrogens is 1. The molecule has 1 N–H and O–H groups in total. The van der Waals surface area contributed by atoms with Crippen LogP contribution >= 0.6 is 11.6 Å². The van der Waals surface area contributed by atoms with Gasteiger partial charge in [-0.1, -0.05) is 23.7 Å². The van der Waals surface area contributed by atoms with E-state index in [-0.39, 0.29) is 17.1 Å². The molecule has 0 radical (unpaired) electrons. The van der Waals surface area contributed by atoms with Crippen LogP contribution in [-0.2, 0) is 0 Å². The van der Waals surface area contributed by atoms with Crippen LogP contribution in [0.1, 0.15) is 41.1 Å². The summed E-state index contributed by atoms with van der Waals surface area (Å²) < 4.78 is 11.5. The molecular weight excluding hydrogens is 416 g/mol. The van der Waals surface area contributed by atoms with Gasteiger partial charge in [0.2, 0.25) is 5.76 Å². The molecule has 1 unspecified atom stereocenters. The maximum atomic E-state index is 13.5. The number of fused-ring (bicyclic) bond motifs is 2. The van der Waals surface area contributed by atoms with Gasteiger partial charge < -0.3 is 19.0 Å². The number of nitrogens with one attached hydrogen (secondary N) is 1. The molecule has 1 aromatic heterocycles. The van der Waals surface area contributed by atoms with Gasteiger partial charge in [0.05, 0.1) is 44.2 Å². The Balaban J connectivity index is 1.84. The predicted molar refractivity (Wildman–Crippen MR) is 120 cm³/mol. The molecule has 2 aromatic carbocycles. The lowest BCUT2D eigenvalue weighted by Gasteiger charge is -2.25. The third-order valence-corrected chi connectivity index (χ3v) is 5.75. The second-order valence-electron chi connectivity index (χ2n) is 8.03. The van der Waals surface area contributed by atoms with Gasteiger partial charge in [-0.3, -0.25) is 9.59 Å². The van der Waals surface area contributed by atoms with Crippen LogP contribution in [0, 0.1) is 0 Å². The minimum Gasteiger partial charge on any atom is -0.494 e. The number of benzene rings is 2. The van der Waals surface area contributed by atoms with Gasteiger partial charge in [0.25, 0.3) is 5.91 Å². The predicted octanol–water partition coefficient (Wildman–Crippen LogP) is 2.92. The van der Waals surface area contributed by atoms with Crippen LogP contribution in [-0.4, -0.2) is 44.6 Å². The van der Waals surface area contributed by atoms with E-state index in [2.05, 4.69) is 14.1 Å². The van der Waals surface area contributed by atoms with E-state index < -0.39 is 6.04 Å². The monoisotopic (exact) mass is 441 g/mol. The minimum atomic E-state index is -0.505. The molecule has 6 nitrogen and oxygen atoms in total. The number of halogens is 1. The van der Waals surface area contributed by atoms with Crippen molar-refractivity contribution in [1.82, 2.24) is 4.90 Å². The number of carbonyl (C=O) groups is 1. The molecule has 31 heavy (non-hydrogen) atoms. The molecule has 0 saturated carbocycles. The van der Waals surface area contributed by atoms with Gasteiger partial charge in [0, 0.05) is 18.0 Å². The molecule has 162 valence electrons. The number of hydrogen-bond acceptors (Lipinski definition) is 4. The molecular formula is C24H26ClN2O4+. The van der Waals surface area contributed by atoms with Crippen molar-refractivity contribution in [3.63, 3.8) is 0 Å². The Kier molecular flexibility index (Phi) is 6.03. The van der Waals surface area contributed by atoms with Crippen molar-refractivity contribution in [2.45, 2.75) is 19.4 Å². The average Bonchev–Trinajstić information content (AvgIpc) is 3.02. The van der Waals surface area contributed by atoms with Crippen LogP contribution < -0.4 is 15.1 Å². The van der Waals surface area contributed by atoms with E-state index in [1.807, 2.05) is 31.2 Å². The maximum absolute atomic E-state index is 13.5. The zero-order chi connectivity index (χ0) is 22.1. The van der Waals surface area contributed by atoms with Crippen molar-refractivity contribution >= 4 is 28.5 Å². The highest BCUT2D eigenvalue weighted by Gasteiger charge is 2.42. The van der Waals surface area contributed by atoms with Crippen LogP contribution in [0.4, 0.5) is 0 Å². The molecule has 1 amide bonds. The second-order valence-corrected chi connectivity index (χ2v) is 8.46. The first-order valence-corrected chi connectivity index (χ1v) is 10.9. The summed E-state index contributed by atoms with van der Waals surface area (Å²) in [5.41, 5.74) is 1.38. The minimum absolute atomic E-state index is 0.121. The third kappa shape index (κ3) is 4.05. The molecule has 7 heteroatoms. The smallest absolute Gasteiger partial charge is 0.290 e. The number of nitrogens with zero attached hydrogens (tertiary/aromatic N) is 1. The fraction of sp³-hybridized carbons (Fsp3) is 0.333. The molecule has 3 aromatic rings. The number of rotatable bonds is 7. The first-order chi connectivity index (χ1) is 14.9. The zero-order valence-electron chi connectivity index (χ0n) is 17.9. The van der Waals surface area contributed by atoms with Gasteiger partial charge in [0.1, 0.15) is 11.3 Å². The highest BCUT2D eigenvalue weighted by molar-refractivity contribution is 6.31. The fourth-order valence-corrected chi connectivity index (χ4v) is 4.26. The summed E-state index contributed by atoms with van der Waals surface area (Å²) in [6.07, 6.45) is 0.815. The van der Waals surface area contributed by atoms with Gasteiger partial charge in [0.15, 0.2) is 5.43 Å². The Labute approximate surface area is 186 Å². The Bertz CT molecular complexity index is 1170. The maximum Gasteiger partial charge on any atom is 0.290 e. The number of ether oxygens (including phenoxy) is 1. The molecule has 0 spiro atoms. The molecule has 2 heterocycles. The SMILES string of the molecule is CCOc1ccc(C2c3c(oc4ccc(Cl)cc4c3=O)C(=O)N2CCC[NH+](C)C)cc1. The van der Waals surface area contributed by atoms with E-state index in [0.29, 0.717) is 34.7 Å². The lowest BCUT2D eigenvalue weighted by molar-refractivity contribution is -0.858. The second kappa shape index (κ2) is 8.73. The van der Waals surface area contributed by atoms with E-state index in [1.165, 1.54) is 4.90 Å². The van der Waals surface area contributed by atoms with Gasteiger partial charge in [-0.2, -0.15) is 0 Å². The molecule has 1 aliphatic rings.